The molecule has 2 atom stereocenters. The van der Waals surface area contributed by atoms with E-state index in [0.29, 0.717) is 19.4 Å². The van der Waals surface area contributed by atoms with Crippen molar-refractivity contribution >= 4 is 17.7 Å². The van der Waals surface area contributed by atoms with Gasteiger partial charge >= 0.3 is 0 Å². The molecule has 0 aromatic carbocycles. The first-order chi connectivity index (χ1) is 16.0. The molecule has 0 spiro atoms. The van der Waals surface area contributed by atoms with Gasteiger partial charge in [0.05, 0.1) is 5.60 Å². The largest absolute Gasteiger partial charge is 0.375 e. The Morgan fingerprint density at radius 2 is 1.39 bits per heavy atom. The summed E-state index contributed by atoms with van der Waals surface area (Å²) >= 11 is 0. The number of carbonyl (C=O) groups excluding carboxylic acids is 3. The van der Waals surface area contributed by atoms with Crippen LogP contribution in [0.25, 0.3) is 0 Å². The maximum Gasteiger partial charge on any atom is 0.254 e. The monoisotopic (exact) mass is 507 g/mol. The third-order valence-electron chi connectivity index (χ3n) is 8.29. The van der Waals surface area contributed by atoms with Crippen LogP contribution in [0.3, 0.4) is 0 Å². The maximum absolute atomic E-state index is 13.7. The van der Waals surface area contributed by atoms with Crippen molar-refractivity contribution in [2.45, 2.75) is 137 Å². The topological polar surface area (TPSA) is 102 Å². The molecule has 3 amide bonds. The molecule has 0 radical (unpaired) electrons. The van der Waals surface area contributed by atoms with E-state index >= 15 is 0 Å². The lowest BCUT2D eigenvalue weighted by Crippen LogP contribution is -2.57. The lowest BCUT2D eigenvalue weighted by atomic mass is 9.66. The highest BCUT2D eigenvalue weighted by atomic mass is 16.5. The fraction of sp³-hybridized carbons (Fsp3) is 0.828. The minimum Gasteiger partial charge on any atom is -0.375 e. The van der Waals surface area contributed by atoms with Crippen LogP contribution in [0.5, 0.6) is 0 Å². The second-order valence-corrected chi connectivity index (χ2v) is 13.8. The van der Waals surface area contributed by atoms with E-state index in [1.165, 1.54) is 17.1 Å². The summed E-state index contributed by atoms with van der Waals surface area (Å²) in [6.45, 7) is 24.9. The van der Waals surface area contributed by atoms with Gasteiger partial charge in [0.25, 0.3) is 11.8 Å². The molecule has 0 bridgehead atoms. The van der Waals surface area contributed by atoms with Crippen LogP contribution in [0.2, 0.25) is 0 Å². The van der Waals surface area contributed by atoms with Gasteiger partial charge in [-0.1, -0.05) is 27.7 Å². The average Bonchev–Trinajstić information content (AvgIpc) is 3.04. The van der Waals surface area contributed by atoms with Crippen molar-refractivity contribution in [3.8, 4) is 0 Å². The van der Waals surface area contributed by atoms with Crippen molar-refractivity contribution in [1.82, 2.24) is 10.2 Å². The Kier molecular flexibility index (Phi) is 9.82. The van der Waals surface area contributed by atoms with Crippen molar-refractivity contribution in [2.24, 2.45) is 16.6 Å². The minimum absolute atomic E-state index is 0.0720. The number of hydrogen-bond acceptors (Lipinski definition) is 5. The van der Waals surface area contributed by atoms with Crippen LogP contribution in [-0.4, -0.2) is 51.4 Å². The normalized spacial score (nSPS) is 18.9. The van der Waals surface area contributed by atoms with E-state index in [0.717, 1.165) is 19.3 Å². The van der Waals surface area contributed by atoms with Gasteiger partial charge in [-0.25, -0.2) is 0 Å². The second kappa shape index (κ2) is 10.9. The van der Waals surface area contributed by atoms with Crippen LogP contribution in [0, 0.1) is 10.8 Å². The van der Waals surface area contributed by atoms with E-state index in [2.05, 4.69) is 46.9 Å². The van der Waals surface area contributed by atoms with E-state index in [1.54, 1.807) is 0 Å². The molecule has 1 rings (SSSR count). The fourth-order valence-corrected chi connectivity index (χ4v) is 5.38. The van der Waals surface area contributed by atoms with Crippen LogP contribution >= 0.6 is 0 Å². The minimum atomic E-state index is -0.797. The summed E-state index contributed by atoms with van der Waals surface area (Å²) in [4.78, 5) is 39.6. The van der Waals surface area contributed by atoms with Gasteiger partial charge in [-0.15, -0.1) is 0 Å². The Bertz CT molecular complexity index is 835. The standard InChI is InChI=1S/C29H53N3O4/c1-13-28(11,20-26(7,8)32-21(33)15-16-22(32)34)23(35)31-25(5,6)19-29(12,14-2)27(9,10)36-18-17-24(3,4)30/h15-16H,13-14,17-20,30H2,1-12H3,(H,31,35). The summed E-state index contributed by atoms with van der Waals surface area (Å²) in [5, 5.41) is 3.31. The number of carbonyl (C=O) groups is 3. The molecule has 0 aromatic rings. The van der Waals surface area contributed by atoms with Gasteiger partial charge in [-0.3, -0.25) is 19.3 Å². The van der Waals surface area contributed by atoms with Crippen molar-refractivity contribution in [2.75, 3.05) is 6.61 Å². The van der Waals surface area contributed by atoms with Gasteiger partial charge in [0.1, 0.15) is 0 Å². The zero-order valence-corrected chi connectivity index (χ0v) is 25.1. The Balaban J connectivity index is 3.03. The van der Waals surface area contributed by atoms with Crippen molar-refractivity contribution in [1.29, 1.82) is 0 Å². The van der Waals surface area contributed by atoms with Gasteiger partial charge < -0.3 is 15.8 Å². The SMILES string of the molecule is CCC(C)(CC(C)(C)N1C(=O)C=CC1=O)C(=O)NC(C)(C)CC(C)(CC)C(C)(C)OCCC(C)(C)N. The number of nitrogens with one attached hydrogen (secondary N) is 1. The lowest BCUT2D eigenvalue weighted by molar-refractivity contribution is -0.147. The smallest absolute Gasteiger partial charge is 0.254 e. The molecule has 0 fully saturated rings. The number of nitrogens with zero attached hydrogens (tertiary/aromatic N) is 1. The first kappa shape index (κ1) is 32.3. The molecular formula is C29H53N3O4. The number of rotatable bonds is 14. The number of hydrogen-bond donors (Lipinski definition) is 2. The summed E-state index contributed by atoms with van der Waals surface area (Å²) in [6.07, 6.45) is 5.90. The Labute approximate surface area is 220 Å². The Morgan fingerprint density at radius 3 is 1.81 bits per heavy atom. The first-order valence-electron chi connectivity index (χ1n) is 13.4. The second-order valence-electron chi connectivity index (χ2n) is 13.8. The van der Waals surface area contributed by atoms with Gasteiger partial charge in [0.2, 0.25) is 5.91 Å². The van der Waals surface area contributed by atoms with Crippen molar-refractivity contribution < 1.29 is 19.1 Å². The molecule has 2 unspecified atom stereocenters. The van der Waals surface area contributed by atoms with E-state index < -0.39 is 22.1 Å². The third-order valence-corrected chi connectivity index (χ3v) is 8.29. The molecule has 36 heavy (non-hydrogen) atoms. The Morgan fingerprint density at radius 1 is 0.889 bits per heavy atom. The van der Waals surface area contributed by atoms with Gasteiger partial charge in [0.15, 0.2) is 0 Å². The summed E-state index contributed by atoms with van der Waals surface area (Å²) in [5.41, 5.74) is 3.17. The van der Waals surface area contributed by atoms with Gasteiger partial charge in [-0.2, -0.15) is 0 Å². The molecule has 0 saturated heterocycles. The number of ether oxygens (including phenoxy) is 1. The molecule has 1 aliphatic rings. The summed E-state index contributed by atoms with van der Waals surface area (Å²) in [7, 11) is 0. The molecule has 0 aromatic heterocycles. The molecule has 7 heteroatoms. The maximum atomic E-state index is 13.7. The van der Waals surface area contributed by atoms with Gasteiger partial charge in [0, 0.05) is 40.8 Å². The molecule has 0 saturated carbocycles. The third kappa shape index (κ3) is 7.88. The molecule has 1 heterocycles. The molecule has 208 valence electrons. The van der Waals surface area contributed by atoms with Crippen LogP contribution in [-0.2, 0) is 19.1 Å². The number of imide groups is 1. The number of nitrogens with two attached hydrogens (primary N) is 1. The summed E-state index contributed by atoms with van der Waals surface area (Å²) < 4.78 is 6.38. The van der Waals surface area contributed by atoms with Crippen LogP contribution in [0.15, 0.2) is 12.2 Å². The summed E-state index contributed by atoms with van der Waals surface area (Å²) in [6, 6.07) is 0. The zero-order chi connectivity index (χ0) is 28.4. The predicted molar refractivity (Wildman–Crippen MR) is 146 cm³/mol. The predicted octanol–water partition coefficient (Wildman–Crippen LogP) is 5.12. The van der Waals surface area contributed by atoms with Crippen molar-refractivity contribution in [3.05, 3.63) is 12.2 Å². The first-order valence-corrected chi connectivity index (χ1v) is 13.4. The lowest BCUT2D eigenvalue weighted by Gasteiger charge is -2.49. The van der Waals surface area contributed by atoms with Crippen LogP contribution in [0.4, 0.5) is 0 Å². The quantitative estimate of drug-likeness (QED) is 0.318. The highest BCUT2D eigenvalue weighted by Gasteiger charge is 2.48. The Hall–Kier alpha value is -1.73. The van der Waals surface area contributed by atoms with Crippen molar-refractivity contribution in [3.63, 3.8) is 0 Å². The zero-order valence-electron chi connectivity index (χ0n) is 25.1. The van der Waals surface area contributed by atoms with E-state index in [9.17, 15) is 14.4 Å². The number of amides is 3. The molecule has 1 aliphatic heterocycles. The van der Waals surface area contributed by atoms with Crippen LogP contribution < -0.4 is 11.1 Å². The molecule has 3 N–H and O–H groups in total. The highest BCUT2D eigenvalue weighted by molar-refractivity contribution is 6.13. The van der Waals surface area contributed by atoms with E-state index in [4.69, 9.17) is 10.5 Å². The molecule has 0 aliphatic carbocycles. The van der Waals surface area contributed by atoms with Crippen LogP contribution in [0.1, 0.15) is 115 Å². The highest BCUT2D eigenvalue weighted by Crippen LogP contribution is 2.44. The summed E-state index contributed by atoms with van der Waals surface area (Å²) in [5.74, 6) is -0.733. The average molecular weight is 508 g/mol. The van der Waals surface area contributed by atoms with E-state index in [1.807, 2.05) is 41.5 Å². The fourth-order valence-electron chi connectivity index (χ4n) is 5.38. The molecular weight excluding hydrogens is 454 g/mol. The van der Waals surface area contributed by atoms with E-state index in [-0.39, 0.29) is 28.7 Å². The molecule has 7 nitrogen and oxygen atoms in total. The van der Waals surface area contributed by atoms with Gasteiger partial charge in [-0.05, 0) is 92.9 Å².